The van der Waals surface area contributed by atoms with Gasteiger partial charge in [-0.05, 0) is 31.1 Å². The number of alkyl halides is 1. The number of nitrogens with one attached hydrogen (secondary N) is 1. The second kappa shape index (κ2) is 8.57. The Morgan fingerprint density at radius 1 is 1.46 bits per heavy atom. The van der Waals surface area contributed by atoms with Crippen molar-refractivity contribution in [3.63, 3.8) is 0 Å². The number of hydrogen-bond acceptors (Lipinski definition) is 4. The van der Waals surface area contributed by atoms with Crippen molar-refractivity contribution in [2.24, 2.45) is 0 Å². The lowest BCUT2D eigenvalue weighted by atomic mass is 9.98. The van der Waals surface area contributed by atoms with Gasteiger partial charge in [-0.15, -0.1) is 0 Å². The van der Waals surface area contributed by atoms with Gasteiger partial charge in [0.15, 0.2) is 5.75 Å². The first kappa shape index (κ1) is 19.4. The Labute approximate surface area is 160 Å². The summed E-state index contributed by atoms with van der Waals surface area (Å²) in [5.74, 6) is 0.0694. The van der Waals surface area contributed by atoms with Gasteiger partial charge in [0.2, 0.25) is 0 Å². The summed E-state index contributed by atoms with van der Waals surface area (Å²) in [6.07, 6.45) is 5.33. The maximum absolute atomic E-state index is 12.6. The number of amides is 1. The van der Waals surface area contributed by atoms with E-state index < -0.39 is 12.8 Å². The standard InChI is InChI=1S/C20H19F2N3O3/c1-2-25-18-11-15(28-22)7-8-16(18)17(12-23)19(25)13-3-5-14(6-4-13)24-20(26)27-10-9-21/h3-5,7-8,11,14H,2,6,9-10H2,1H3,(H,24,26). The van der Waals surface area contributed by atoms with Gasteiger partial charge in [-0.25, -0.2) is 9.18 Å². The highest BCUT2D eigenvalue weighted by Crippen LogP contribution is 2.34. The van der Waals surface area contributed by atoms with Crippen LogP contribution in [-0.2, 0) is 11.3 Å². The van der Waals surface area contributed by atoms with Crippen LogP contribution in [-0.4, -0.2) is 30.0 Å². The van der Waals surface area contributed by atoms with Crippen LogP contribution >= 0.6 is 0 Å². The minimum absolute atomic E-state index is 0.0694. The van der Waals surface area contributed by atoms with E-state index in [1.54, 1.807) is 18.2 Å². The van der Waals surface area contributed by atoms with Gasteiger partial charge in [-0.3, -0.25) is 4.94 Å². The number of hydrogen-bond donors (Lipinski definition) is 1. The van der Waals surface area contributed by atoms with Crippen LogP contribution in [0, 0.1) is 11.3 Å². The number of fused-ring (bicyclic) bond motifs is 1. The molecular formula is C20H19F2N3O3. The van der Waals surface area contributed by atoms with Gasteiger partial charge in [-0.2, -0.15) is 5.26 Å². The van der Waals surface area contributed by atoms with E-state index in [4.69, 9.17) is 0 Å². The van der Waals surface area contributed by atoms with Crippen LogP contribution in [0.15, 0.2) is 36.4 Å². The Hall–Kier alpha value is -3.34. The predicted molar refractivity (Wildman–Crippen MR) is 100 cm³/mol. The van der Waals surface area contributed by atoms with E-state index in [9.17, 15) is 19.0 Å². The number of rotatable bonds is 6. The predicted octanol–water partition coefficient (Wildman–Crippen LogP) is 4.20. The number of halogens is 2. The van der Waals surface area contributed by atoms with Gasteiger partial charge >= 0.3 is 6.09 Å². The van der Waals surface area contributed by atoms with Gasteiger partial charge in [0.05, 0.1) is 22.8 Å². The lowest BCUT2D eigenvalue weighted by Gasteiger charge is -2.18. The molecule has 0 spiro atoms. The molecule has 1 aliphatic rings. The molecular weight excluding hydrogens is 368 g/mol. The zero-order valence-corrected chi connectivity index (χ0v) is 15.2. The molecule has 1 heterocycles. The average molecular weight is 387 g/mol. The molecule has 1 unspecified atom stereocenters. The zero-order valence-electron chi connectivity index (χ0n) is 15.2. The van der Waals surface area contributed by atoms with Gasteiger partial charge < -0.3 is 14.6 Å². The summed E-state index contributed by atoms with van der Waals surface area (Å²) in [7, 11) is 0. The molecule has 0 saturated heterocycles. The first-order chi connectivity index (χ1) is 13.6. The normalized spacial score (nSPS) is 15.8. The van der Waals surface area contributed by atoms with Crippen molar-refractivity contribution in [3.8, 4) is 11.8 Å². The maximum atomic E-state index is 12.6. The first-order valence-corrected chi connectivity index (χ1v) is 8.85. The van der Waals surface area contributed by atoms with Crippen molar-refractivity contribution in [2.45, 2.75) is 25.9 Å². The fraction of sp³-hybridized carbons (Fsp3) is 0.300. The second-order valence-electron chi connectivity index (χ2n) is 6.17. The van der Waals surface area contributed by atoms with Crippen molar-refractivity contribution < 1.29 is 23.4 Å². The van der Waals surface area contributed by atoms with Crippen LogP contribution in [0.2, 0.25) is 0 Å². The van der Waals surface area contributed by atoms with E-state index >= 15 is 0 Å². The fourth-order valence-corrected chi connectivity index (χ4v) is 3.35. The number of aromatic nitrogens is 1. The monoisotopic (exact) mass is 387 g/mol. The van der Waals surface area contributed by atoms with Crippen molar-refractivity contribution in [2.75, 3.05) is 13.3 Å². The lowest BCUT2D eigenvalue weighted by Crippen LogP contribution is -2.34. The molecule has 146 valence electrons. The summed E-state index contributed by atoms with van der Waals surface area (Å²) < 4.78 is 31.3. The van der Waals surface area contributed by atoms with E-state index in [0.717, 1.165) is 11.3 Å². The number of benzene rings is 1. The third-order valence-corrected chi connectivity index (χ3v) is 4.54. The van der Waals surface area contributed by atoms with Gasteiger partial charge in [0.1, 0.15) is 19.4 Å². The molecule has 8 heteroatoms. The second-order valence-corrected chi connectivity index (χ2v) is 6.17. The van der Waals surface area contributed by atoms with E-state index in [1.165, 1.54) is 6.07 Å². The zero-order chi connectivity index (χ0) is 20.1. The van der Waals surface area contributed by atoms with Crippen LogP contribution < -0.4 is 10.3 Å². The third-order valence-electron chi connectivity index (χ3n) is 4.54. The Kier molecular flexibility index (Phi) is 5.94. The number of carbonyl (C=O) groups excluding carboxylic acids is 1. The molecule has 1 aliphatic carbocycles. The number of nitriles is 1. The molecule has 0 saturated carbocycles. The van der Waals surface area contributed by atoms with E-state index in [0.29, 0.717) is 29.4 Å². The minimum Gasteiger partial charge on any atom is -0.447 e. The molecule has 1 atom stereocenters. The highest BCUT2D eigenvalue weighted by atomic mass is 19.3. The largest absolute Gasteiger partial charge is 0.447 e. The van der Waals surface area contributed by atoms with Crippen LogP contribution in [0.4, 0.5) is 13.7 Å². The quantitative estimate of drug-likeness (QED) is 0.806. The molecule has 1 N–H and O–H groups in total. The number of carbonyl (C=O) groups is 1. The van der Waals surface area contributed by atoms with E-state index in [2.05, 4.69) is 21.1 Å². The third kappa shape index (κ3) is 3.69. The summed E-state index contributed by atoms with van der Waals surface area (Å²) in [5, 5.41) is 13.1. The molecule has 1 aromatic heterocycles. The highest BCUT2D eigenvalue weighted by molar-refractivity contribution is 5.95. The molecule has 0 radical (unpaired) electrons. The smallest absolute Gasteiger partial charge is 0.407 e. The summed E-state index contributed by atoms with van der Waals surface area (Å²) >= 11 is 0. The summed E-state index contributed by atoms with van der Waals surface area (Å²) in [4.78, 5) is 15.4. The maximum Gasteiger partial charge on any atom is 0.407 e. The average Bonchev–Trinajstić information content (AvgIpc) is 3.05. The minimum atomic E-state index is -0.731. The van der Waals surface area contributed by atoms with Crippen LogP contribution in [0.25, 0.3) is 16.5 Å². The molecule has 1 aromatic carbocycles. The van der Waals surface area contributed by atoms with Crippen molar-refractivity contribution in [1.82, 2.24) is 9.88 Å². The molecule has 2 aromatic rings. The molecule has 28 heavy (non-hydrogen) atoms. The first-order valence-electron chi connectivity index (χ1n) is 8.85. The summed E-state index contributed by atoms with van der Waals surface area (Å²) in [6, 6.07) is 6.65. The van der Waals surface area contributed by atoms with Crippen molar-refractivity contribution in [1.29, 1.82) is 5.26 Å². The van der Waals surface area contributed by atoms with Gasteiger partial charge in [0, 0.05) is 22.5 Å². The fourth-order valence-electron chi connectivity index (χ4n) is 3.35. The number of aryl methyl sites for hydroxylation is 1. The number of allylic oxidation sites excluding steroid dienone is 2. The van der Waals surface area contributed by atoms with Crippen molar-refractivity contribution >= 4 is 22.6 Å². The SMILES string of the molecule is CCn1c(C2=CCC(NC(=O)OCCF)C=C2)c(C#N)c2ccc(OF)cc21. The summed E-state index contributed by atoms with van der Waals surface area (Å²) in [5.41, 5.74) is 2.75. The van der Waals surface area contributed by atoms with Crippen molar-refractivity contribution in [3.05, 3.63) is 47.7 Å². The lowest BCUT2D eigenvalue weighted by molar-refractivity contribution is -0.00606. The van der Waals surface area contributed by atoms with Crippen LogP contribution in [0.5, 0.6) is 5.75 Å². The van der Waals surface area contributed by atoms with Crippen LogP contribution in [0.1, 0.15) is 24.6 Å². The van der Waals surface area contributed by atoms with E-state index in [-0.39, 0.29) is 18.4 Å². The molecule has 0 aliphatic heterocycles. The molecule has 0 fully saturated rings. The number of ether oxygens (including phenoxy) is 1. The number of nitrogens with zero attached hydrogens (tertiary/aromatic N) is 2. The number of alkyl carbamates (subject to hydrolysis) is 1. The van der Waals surface area contributed by atoms with Gasteiger partial charge in [-0.1, -0.05) is 18.2 Å². The van der Waals surface area contributed by atoms with Gasteiger partial charge in [0.25, 0.3) is 0 Å². The molecule has 0 bridgehead atoms. The van der Waals surface area contributed by atoms with E-state index in [1.807, 2.05) is 23.6 Å². The molecule has 1 amide bonds. The Morgan fingerprint density at radius 2 is 2.29 bits per heavy atom. The highest BCUT2D eigenvalue weighted by Gasteiger charge is 2.21. The topological polar surface area (TPSA) is 76.3 Å². The van der Waals surface area contributed by atoms with Crippen LogP contribution in [0.3, 0.4) is 0 Å². The molecule has 3 rings (SSSR count). The Morgan fingerprint density at radius 3 is 2.89 bits per heavy atom. The Bertz CT molecular complexity index is 989. The Balaban J connectivity index is 1.91. The molecule has 6 nitrogen and oxygen atoms in total. The summed E-state index contributed by atoms with van der Waals surface area (Å²) in [6.45, 7) is 1.50.